The highest BCUT2D eigenvalue weighted by atomic mass is 16.5. The summed E-state index contributed by atoms with van der Waals surface area (Å²) in [5, 5.41) is 6.20. The minimum Gasteiger partial charge on any atom is -0.478 e. The summed E-state index contributed by atoms with van der Waals surface area (Å²) in [5.41, 5.74) is 1.09. The molecule has 0 fully saturated rings. The highest BCUT2D eigenvalue weighted by molar-refractivity contribution is 5.46. The van der Waals surface area contributed by atoms with Gasteiger partial charge in [-0.15, -0.1) is 0 Å². The molecule has 0 aliphatic rings. The molecule has 2 heterocycles. The summed E-state index contributed by atoms with van der Waals surface area (Å²) in [6, 6.07) is 5.71. The van der Waals surface area contributed by atoms with Crippen molar-refractivity contribution < 1.29 is 4.74 Å². The Hall–Kier alpha value is -2.37. The number of nitrogens with zero attached hydrogens (tertiary/aromatic N) is 3. The van der Waals surface area contributed by atoms with Gasteiger partial charge in [0.1, 0.15) is 18.0 Å². The quantitative estimate of drug-likeness (QED) is 0.826. The number of ether oxygens (including phenoxy) is 1. The van der Waals surface area contributed by atoms with Gasteiger partial charge in [-0.2, -0.15) is 0 Å². The molecule has 0 radical (unpaired) electrons. The summed E-state index contributed by atoms with van der Waals surface area (Å²) < 4.78 is 5.36. The second-order valence-corrected chi connectivity index (χ2v) is 3.83. The Morgan fingerprint density at radius 2 is 2.00 bits per heavy atom. The molecule has 0 amide bonds. The zero-order valence-corrected chi connectivity index (χ0v) is 11.1. The second-order valence-electron chi connectivity index (χ2n) is 3.83. The zero-order chi connectivity index (χ0) is 13.5. The van der Waals surface area contributed by atoms with Crippen molar-refractivity contribution in [3.63, 3.8) is 0 Å². The number of nitrogens with one attached hydrogen (secondary N) is 2. The van der Waals surface area contributed by atoms with Gasteiger partial charge in [0, 0.05) is 31.9 Å². The Bertz CT molecular complexity index is 532. The van der Waals surface area contributed by atoms with E-state index in [0.29, 0.717) is 19.0 Å². The largest absolute Gasteiger partial charge is 0.478 e. The van der Waals surface area contributed by atoms with Crippen molar-refractivity contribution in [3.05, 3.63) is 36.3 Å². The van der Waals surface area contributed by atoms with Gasteiger partial charge in [-0.3, -0.25) is 0 Å². The Kier molecular flexibility index (Phi) is 4.49. The minimum atomic E-state index is 0.612. The molecular formula is C13H17N5O. The van der Waals surface area contributed by atoms with Crippen LogP contribution in [0.2, 0.25) is 0 Å². The molecule has 6 heteroatoms. The molecule has 0 bridgehead atoms. The van der Waals surface area contributed by atoms with Crippen LogP contribution in [0.4, 0.5) is 11.6 Å². The topological polar surface area (TPSA) is 72.0 Å². The lowest BCUT2D eigenvalue weighted by Crippen LogP contribution is -2.04. The Morgan fingerprint density at radius 1 is 1.16 bits per heavy atom. The molecule has 0 aliphatic heterocycles. The van der Waals surface area contributed by atoms with Crippen LogP contribution in [0.1, 0.15) is 12.5 Å². The van der Waals surface area contributed by atoms with Gasteiger partial charge in [0.25, 0.3) is 0 Å². The molecule has 2 aromatic heterocycles. The molecule has 2 aromatic rings. The van der Waals surface area contributed by atoms with Crippen LogP contribution in [0.15, 0.2) is 30.7 Å². The minimum absolute atomic E-state index is 0.612. The van der Waals surface area contributed by atoms with Crippen LogP contribution < -0.4 is 15.4 Å². The number of anilines is 2. The molecule has 2 rings (SSSR count). The van der Waals surface area contributed by atoms with E-state index in [2.05, 4.69) is 25.6 Å². The first kappa shape index (κ1) is 13.1. The van der Waals surface area contributed by atoms with Gasteiger partial charge < -0.3 is 15.4 Å². The Labute approximate surface area is 112 Å². The molecule has 0 atom stereocenters. The molecule has 19 heavy (non-hydrogen) atoms. The van der Waals surface area contributed by atoms with Crippen molar-refractivity contribution in [1.29, 1.82) is 0 Å². The lowest BCUT2D eigenvalue weighted by Gasteiger charge is -2.08. The van der Waals surface area contributed by atoms with Crippen molar-refractivity contribution >= 4 is 11.6 Å². The Balaban J connectivity index is 1.99. The monoisotopic (exact) mass is 259 g/mol. The van der Waals surface area contributed by atoms with E-state index >= 15 is 0 Å². The lowest BCUT2D eigenvalue weighted by atomic mass is 10.2. The maximum absolute atomic E-state index is 5.36. The highest BCUT2D eigenvalue weighted by Crippen LogP contribution is 2.12. The van der Waals surface area contributed by atoms with E-state index < -0.39 is 0 Å². The molecule has 6 nitrogen and oxygen atoms in total. The number of pyridine rings is 1. The van der Waals surface area contributed by atoms with Crippen LogP contribution in [-0.2, 0) is 6.54 Å². The van der Waals surface area contributed by atoms with Gasteiger partial charge in [0.05, 0.1) is 6.61 Å². The second kappa shape index (κ2) is 6.53. The van der Waals surface area contributed by atoms with E-state index in [-0.39, 0.29) is 0 Å². The predicted molar refractivity (Wildman–Crippen MR) is 74.3 cm³/mol. The average molecular weight is 259 g/mol. The van der Waals surface area contributed by atoms with Crippen molar-refractivity contribution in [2.24, 2.45) is 0 Å². The third-order valence-corrected chi connectivity index (χ3v) is 2.49. The van der Waals surface area contributed by atoms with Gasteiger partial charge in [-0.1, -0.05) is 0 Å². The van der Waals surface area contributed by atoms with E-state index in [0.717, 1.165) is 17.2 Å². The number of hydrogen-bond acceptors (Lipinski definition) is 6. The van der Waals surface area contributed by atoms with E-state index in [1.165, 1.54) is 6.33 Å². The first-order valence-electron chi connectivity index (χ1n) is 6.13. The fourth-order valence-corrected chi connectivity index (χ4v) is 1.57. The van der Waals surface area contributed by atoms with Gasteiger partial charge in [-0.25, -0.2) is 15.0 Å². The molecule has 0 aromatic carbocycles. The van der Waals surface area contributed by atoms with Crippen molar-refractivity contribution in [2.45, 2.75) is 13.5 Å². The summed E-state index contributed by atoms with van der Waals surface area (Å²) in [7, 11) is 1.82. The van der Waals surface area contributed by atoms with Crippen molar-refractivity contribution in [1.82, 2.24) is 15.0 Å². The molecule has 0 saturated heterocycles. The smallest absolute Gasteiger partial charge is 0.213 e. The van der Waals surface area contributed by atoms with Crippen LogP contribution in [0.5, 0.6) is 5.88 Å². The molecule has 0 spiro atoms. The predicted octanol–water partition coefficient (Wildman–Crippen LogP) is 1.92. The van der Waals surface area contributed by atoms with E-state index in [1.807, 2.05) is 32.2 Å². The molecule has 0 unspecified atom stereocenters. The third-order valence-electron chi connectivity index (χ3n) is 2.49. The Morgan fingerprint density at radius 3 is 2.79 bits per heavy atom. The number of rotatable bonds is 6. The van der Waals surface area contributed by atoms with Crippen molar-refractivity contribution in [2.75, 3.05) is 24.3 Å². The summed E-state index contributed by atoms with van der Waals surface area (Å²) in [5.74, 6) is 2.19. The normalized spacial score (nSPS) is 10.0. The number of aromatic nitrogens is 3. The van der Waals surface area contributed by atoms with E-state index in [1.54, 1.807) is 6.20 Å². The summed E-state index contributed by atoms with van der Waals surface area (Å²) in [6.45, 7) is 3.21. The van der Waals surface area contributed by atoms with Crippen LogP contribution in [0.3, 0.4) is 0 Å². The first-order valence-corrected chi connectivity index (χ1v) is 6.13. The van der Waals surface area contributed by atoms with Crippen LogP contribution in [-0.4, -0.2) is 28.6 Å². The van der Waals surface area contributed by atoms with E-state index in [4.69, 9.17) is 4.74 Å². The van der Waals surface area contributed by atoms with Crippen molar-refractivity contribution in [3.8, 4) is 5.88 Å². The number of hydrogen-bond donors (Lipinski definition) is 2. The fourth-order valence-electron chi connectivity index (χ4n) is 1.57. The zero-order valence-electron chi connectivity index (χ0n) is 11.1. The lowest BCUT2D eigenvalue weighted by molar-refractivity contribution is 0.326. The summed E-state index contributed by atoms with van der Waals surface area (Å²) in [4.78, 5) is 12.3. The molecule has 0 saturated carbocycles. The molecule has 2 N–H and O–H groups in total. The van der Waals surface area contributed by atoms with Crippen LogP contribution in [0, 0.1) is 0 Å². The van der Waals surface area contributed by atoms with Gasteiger partial charge in [0.2, 0.25) is 5.88 Å². The van der Waals surface area contributed by atoms with Gasteiger partial charge >= 0.3 is 0 Å². The highest BCUT2D eigenvalue weighted by Gasteiger charge is 2.00. The SMILES string of the molecule is CCOc1cc(CNc2cc(NC)ncn2)ccn1. The van der Waals surface area contributed by atoms with Gasteiger partial charge in [0.15, 0.2) is 0 Å². The average Bonchev–Trinajstić information content (AvgIpc) is 2.46. The maximum Gasteiger partial charge on any atom is 0.213 e. The molecule has 0 aliphatic carbocycles. The summed E-state index contributed by atoms with van der Waals surface area (Å²) in [6.07, 6.45) is 3.26. The van der Waals surface area contributed by atoms with E-state index in [9.17, 15) is 0 Å². The summed E-state index contributed by atoms with van der Waals surface area (Å²) >= 11 is 0. The fraction of sp³-hybridized carbons (Fsp3) is 0.308. The molecule has 100 valence electrons. The van der Waals surface area contributed by atoms with Crippen LogP contribution in [0.25, 0.3) is 0 Å². The molecular weight excluding hydrogens is 242 g/mol. The van der Waals surface area contributed by atoms with Crippen LogP contribution >= 0.6 is 0 Å². The first-order chi connectivity index (χ1) is 9.31. The third kappa shape index (κ3) is 3.80. The maximum atomic E-state index is 5.36. The van der Waals surface area contributed by atoms with Gasteiger partial charge in [-0.05, 0) is 18.6 Å². The standard InChI is InChI=1S/C13H17N5O/c1-3-19-13-6-10(4-5-15-13)8-16-12-7-11(14-2)17-9-18-12/h4-7,9H,3,8H2,1-2H3,(H2,14,16,17,18).